The average Bonchev–Trinajstić information content (AvgIpc) is 2.18. The first-order chi connectivity index (χ1) is 6.37. The molecule has 2 fully saturated rings. The summed E-state index contributed by atoms with van der Waals surface area (Å²) in [5.41, 5.74) is 0.297. The molecule has 0 amide bonds. The Morgan fingerprint density at radius 3 is 2.23 bits per heavy atom. The first-order valence-corrected chi connectivity index (χ1v) is 5.49. The monoisotopic (exact) mass is 178 g/mol. The molecule has 0 aromatic heterocycles. The number of nitrogens with zero attached hydrogens (tertiary/aromatic N) is 2. The quantitative estimate of drug-likeness (QED) is 0.616. The van der Waals surface area contributed by atoms with Crippen LogP contribution in [0.15, 0.2) is 0 Å². The molecule has 72 valence electrons. The Morgan fingerprint density at radius 1 is 1.08 bits per heavy atom. The van der Waals surface area contributed by atoms with E-state index in [2.05, 4.69) is 11.0 Å². The third-order valence-corrected chi connectivity index (χ3v) is 3.72. The molecule has 0 radical (unpaired) electrons. The Hall–Kier alpha value is -0.550. The summed E-state index contributed by atoms with van der Waals surface area (Å²) in [6.07, 6.45) is 8.63. The molecule has 2 nitrogen and oxygen atoms in total. The Balaban J connectivity index is 2.12. The minimum absolute atomic E-state index is 0.297. The zero-order valence-corrected chi connectivity index (χ0v) is 8.26. The Morgan fingerprint density at radius 2 is 1.69 bits per heavy atom. The molecule has 0 aromatic rings. The van der Waals surface area contributed by atoms with Crippen molar-refractivity contribution in [2.24, 2.45) is 0 Å². The molecule has 2 aliphatic rings. The third kappa shape index (κ3) is 1.58. The first kappa shape index (κ1) is 9.02. The normalized spacial score (nSPS) is 27.6. The fourth-order valence-corrected chi connectivity index (χ4v) is 2.98. The lowest BCUT2D eigenvalue weighted by molar-refractivity contribution is 0.0153. The van der Waals surface area contributed by atoms with Crippen LogP contribution in [0.4, 0.5) is 0 Å². The fourth-order valence-electron chi connectivity index (χ4n) is 2.98. The number of fused-ring (bicyclic) bond motifs is 1. The summed E-state index contributed by atoms with van der Waals surface area (Å²) in [6.45, 7) is 2.48. The number of hydrogen-bond acceptors (Lipinski definition) is 2. The second kappa shape index (κ2) is 3.67. The van der Waals surface area contributed by atoms with E-state index in [-0.39, 0.29) is 0 Å². The van der Waals surface area contributed by atoms with Crippen LogP contribution in [-0.2, 0) is 0 Å². The second-order valence-electron chi connectivity index (χ2n) is 4.46. The van der Waals surface area contributed by atoms with Gasteiger partial charge in [-0.1, -0.05) is 12.8 Å². The maximum atomic E-state index is 8.88. The van der Waals surface area contributed by atoms with E-state index in [1.165, 1.54) is 51.6 Å². The van der Waals surface area contributed by atoms with E-state index in [0.717, 1.165) is 6.42 Å². The van der Waals surface area contributed by atoms with Gasteiger partial charge in [0.1, 0.15) is 0 Å². The molecule has 2 aliphatic heterocycles. The SMILES string of the molecule is N#CCC12CCCCN1CCCC2. The van der Waals surface area contributed by atoms with Crippen molar-refractivity contribution in [1.82, 2.24) is 4.90 Å². The van der Waals surface area contributed by atoms with Crippen LogP contribution < -0.4 is 0 Å². The molecular weight excluding hydrogens is 160 g/mol. The topological polar surface area (TPSA) is 27.0 Å². The molecule has 0 aliphatic carbocycles. The predicted octanol–water partition coefficient (Wildman–Crippen LogP) is 2.31. The van der Waals surface area contributed by atoms with Crippen LogP contribution in [0.5, 0.6) is 0 Å². The van der Waals surface area contributed by atoms with Crippen LogP contribution in [0.3, 0.4) is 0 Å². The minimum Gasteiger partial charge on any atom is -0.297 e. The van der Waals surface area contributed by atoms with Crippen molar-refractivity contribution >= 4 is 0 Å². The van der Waals surface area contributed by atoms with Crippen molar-refractivity contribution in [2.75, 3.05) is 13.1 Å². The summed E-state index contributed by atoms with van der Waals surface area (Å²) in [5.74, 6) is 0. The molecule has 0 aromatic carbocycles. The summed E-state index contributed by atoms with van der Waals surface area (Å²) >= 11 is 0. The highest BCUT2D eigenvalue weighted by molar-refractivity contribution is 5.01. The van der Waals surface area contributed by atoms with Gasteiger partial charge in [0, 0.05) is 5.54 Å². The van der Waals surface area contributed by atoms with E-state index in [1.54, 1.807) is 0 Å². The van der Waals surface area contributed by atoms with Gasteiger partial charge in [-0.2, -0.15) is 5.26 Å². The average molecular weight is 178 g/mol. The van der Waals surface area contributed by atoms with Gasteiger partial charge in [-0.25, -0.2) is 0 Å². The summed E-state index contributed by atoms with van der Waals surface area (Å²) < 4.78 is 0. The highest BCUT2D eigenvalue weighted by Crippen LogP contribution is 2.38. The van der Waals surface area contributed by atoms with Gasteiger partial charge in [-0.15, -0.1) is 0 Å². The molecule has 0 N–H and O–H groups in total. The largest absolute Gasteiger partial charge is 0.297 e. The van der Waals surface area contributed by atoms with Gasteiger partial charge in [0.15, 0.2) is 0 Å². The summed E-state index contributed by atoms with van der Waals surface area (Å²) in [5, 5.41) is 8.88. The second-order valence-corrected chi connectivity index (χ2v) is 4.46. The van der Waals surface area contributed by atoms with E-state index in [9.17, 15) is 0 Å². The molecule has 2 saturated heterocycles. The van der Waals surface area contributed by atoms with Crippen LogP contribution in [0.25, 0.3) is 0 Å². The van der Waals surface area contributed by atoms with Crippen molar-refractivity contribution in [3.63, 3.8) is 0 Å². The van der Waals surface area contributed by atoms with Crippen molar-refractivity contribution in [3.8, 4) is 6.07 Å². The maximum Gasteiger partial charge on any atom is 0.0641 e. The lowest BCUT2D eigenvalue weighted by Crippen LogP contribution is -2.54. The molecule has 2 heterocycles. The van der Waals surface area contributed by atoms with Gasteiger partial charge in [0.25, 0.3) is 0 Å². The Labute approximate surface area is 80.5 Å². The highest BCUT2D eigenvalue weighted by Gasteiger charge is 2.39. The van der Waals surface area contributed by atoms with Gasteiger partial charge in [-0.3, -0.25) is 4.90 Å². The lowest BCUT2D eigenvalue weighted by Gasteiger charge is -2.49. The number of rotatable bonds is 1. The molecule has 0 atom stereocenters. The van der Waals surface area contributed by atoms with E-state index >= 15 is 0 Å². The number of nitriles is 1. The zero-order valence-electron chi connectivity index (χ0n) is 8.26. The van der Waals surface area contributed by atoms with E-state index in [1.807, 2.05) is 0 Å². The van der Waals surface area contributed by atoms with Crippen molar-refractivity contribution in [1.29, 1.82) is 5.26 Å². The zero-order chi connectivity index (χ0) is 9.15. The van der Waals surface area contributed by atoms with Gasteiger partial charge in [0.05, 0.1) is 12.5 Å². The molecule has 0 saturated carbocycles. The summed E-state index contributed by atoms with van der Waals surface area (Å²) in [7, 11) is 0. The van der Waals surface area contributed by atoms with Crippen LogP contribution in [0.2, 0.25) is 0 Å². The number of hydrogen-bond donors (Lipinski definition) is 0. The summed E-state index contributed by atoms with van der Waals surface area (Å²) in [6, 6.07) is 2.39. The summed E-state index contributed by atoms with van der Waals surface area (Å²) in [4.78, 5) is 2.59. The molecule has 2 heteroatoms. The van der Waals surface area contributed by atoms with Crippen molar-refractivity contribution < 1.29 is 0 Å². The van der Waals surface area contributed by atoms with E-state index in [0.29, 0.717) is 5.54 Å². The van der Waals surface area contributed by atoms with Crippen molar-refractivity contribution in [2.45, 2.75) is 50.5 Å². The first-order valence-electron chi connectivity index (χ1n) is 5.49. The molecule has 2 rings (SSSR count). The molecule has 0 bridgehead atoms. The highest BCUT2D eigenvalue weighted by atomic mass is 15.2. The molecule has 13 heavy (non-hydrogen) atoms. The maximum absolute atomic E-state index is 8.88. The minimum atomic E-state index is 0.297. The predicted molar refractivity (Wildman–Crippen MR) is 52.2 cm³/mol. The molecule has 0 unspecified atom stereocenters. The lowest BCUT2D eigenvalue weighted by atomic mass is 9.77. The van der Waals surface area contributed by atoms with Gasteiger partial charge >= 0.3 is 0 Å². The van der Waals surface area contributed by atoms with Gasteiger partial charge in [0.2, 0.25) is 0 Å². The molecule has 0 spiro atoms. The third-order valence-electron chi connectivity index (χ3n) is 3.72. The van der Waals surface area contributed by atoms with Crippen LogP contribution in [-0.4, -0.2) is 23.5 Å². The van der Waals surface area contributed by atoms with Crippen LogP contribution in [0.1, 0.15) is 44.9 Å². The van der Waals surface area contributed by atoms with Crippen LogP contribution >= 0.6 is 0 Å². The van der Waals surface area contributed by atoms with Gasteiger partial charge < -0.3 is 0 Å². The molecular formula is C11H18N2. The van der Waals surface area contributed by atoms with E-state index in [4.69, 9.17) is 5.26 Å². The van der Waals surface area contributed by atoms with Gasteiger partial charge in [-0.05, 0) is 38.8 Å². The van der Waals surface area contributed by atoms with Crippen molar-refractivity contribution in [3.05, 3.63) is 0 Å². The standard InChI is InChI=1S/C11H18N2/c12-8-7-11-5-1-3-9-13(11)10-4-2-6-11/h1-7,9-10H2. The Bertz CT molecular complexity index is 205. The smallest absolute Gasteiger partial charge is 0.0641 e. The van der Waals surface area contributed by atoms with E-state index < -0.39 is 0 Å². The number of piperidine rings is 2. The Kier molecular flexibility index (Phi) is 2.55. The van der Waals surface area contributed by atoms with Crippen LogP contribution in [0, 0.1) is 11.3 Å². The fraction of sp³-hybridized carbons (Fsp3) is 0.909.